The van der Waals surface area contributed by atoms with Crippen LogP contribution in [0, 0.1) is 6.92 Å². The Labute approximate surface area is 114 Å². The molecule has 0 bridgehead atoms. The number of anilines is 2. The van der Waals surface area contributed by atoms with Crippen molar-refractivity contribution in [2.75, 3.05) is 30.3 Å². The van der Waals surface area contributed by atoms with E-state index < -0.39 is 0 Å². The summed E-state index contributed by atoms with van der Waals surface area (Å²) in [4.78, 5) is 22.3. The van der Waals surface area contributed by atoms with Crippen LogP contribution in [0.3, 0.4) is 0 Å². The lowest BCUT2D eigenvalue weighted by Gasteiger charge is -2.23. The molecule has 1 rings (SSSR count). The van der Waals surface area contributed by atoms with Crippen molar-refractivity contribution < 1.29 is 4.79 Å². The minimum Gasteiger partial charge on any atom is -0.383 e. The zero-order valence-electron chi connectivity index (χ0n) is 12.2. The number of aryl methyl sites for hydroxylation is 1. The monoisotopic (exact) mass is 265 g/mol. The lowest BCUT2D eigenvalue weighted by atomic mass is 10.2. The molecule has 0 radical (unpaired) electrons. The van der Waals surface area contributed by atoms with Crippen molar-refractivity contribution in [3.8, 4) is 0 Å². The van der Waals surface area contributed by atoms with Gasteiger partial charge in [0.2, 0.25) is 5.91 Å². The number of rotatable bonds is 6. The van der Waals surface area contributed by atoms with Crippen molar-refractivity contribution in [2.24, 2.45) is 0 Å². The Balaban J connectivity index is 3.03. The normalized spacial score (nSPS) is 10.3. The van der Waals surface area contributed by atoms with Crippen LogP contribution in [0.5, 0.6) is 0 Å². The Morgan fingerprint density at radius 2 is 2.00 bits per heavy atom. The van der Waals surface area contributed by atoms with Crippen molar-refractivity contribution in [3.63, 3.8) is 0 Å². The van der Waals surface area contributed by atoms with Gasteiger partial charge in [-0.15, -0.1) is 0 Å². The van der Waals surface area contributed by atoms with E-state index in [0.29, 0.717) is 24.7 Å². The van der Waals surface area contributed by atoms with Crippen LogP contribution in [0.15, 0.2) is 0 Å². The predicted octanol–water partition coefficient (Wildman–Crippen LogP) is 0.892. The molecule has 3 N–H and O–H groups in total. The number of nitrogens with one attached hydrogen (secondary N) is 1. The van der Waals surface area contributed by atoms with Crippen LogP contribution in [-0.2, 0) is 11.2 Å². The molecule has 19 heavy (non-hydrogen) atoms. The summed E-state index contributed by atoms with van der Waals surface area (Å²) >= 11 is 0. The van der Waals surface area contributed by atoms with Gasteiger partial charge in [-0.25, -0.2) is 9.97 Å². The van der Waals surface area contributed by atoms with E-state index in [1.807, 2.05) is 32.6 Å². The molecule has 0 saturated carbocycles. The maximum absolute atomic E-state index is 11.7. The fourth-order valence-electron chi connectivity index (χ4n) is 1.80. The van der Waals surface area contributed by atoms with Gasteiger partial charge in [-0.2, -0.15) is 0 Å². The van der Waals surface area contributed by atoms with E-state index in [4.69, 9.17) is 5.73 Å². The summed E-state index contributed by atoms with van der Waals surface area (Å²) in [5, 5.41) is 2.79. The van der Waals surface area contributed by atoms with Gasteiger partial charge in [0.25, 0.3) is 0 Å². The first-order valence-corrected chi connectivity index (χ1v) is 6.68. The second-order valence-electron chi connectivity index (χ2n) is 4.29. The maximum atomic E-state index is 11.7. The quantitative estimate of drug-likeness (QED) is 0.798. The summed E-state index contributed by atoms with van der Waals surface area (Å²) in [6.07, 6.45) is 0.718. The third kappa shape index (κ3) is 3.81. The summed E-state index contributed by atoms with van der Waals surface area (Å²) in [6, 6.07) is 0. The highest BCUT2D eigenvalue weighted by Gasteiger charge is 2.16. The zero-order valence-corrected chi connectivity index (χ0v) is 12.2. The molecular weight excluding hydrogens is 242 g/mol. The standard InChI is InChI=1S/C13H23N5O/c1-5-10-16-12(14)9(4)13(17-10)18(7-3)8-11(19)15-6-2/h5-8H2,1-4H3,(H,15,19)(H2,14,16,17). The Morgan fingerprint density at radius 3 is 2.53 bits per heavy atom. The van der Waals surface area contributed by atoms with Crippen LogP contribution in [-0.4, -0.2) is 35.5 Å². The molecule has 0 aliphatic carbocycles. The lowest BCUT2D eigenvalue weighted by molar-refractivity contribution is -0.119. The number of nitrogens with two attached hydrogens (primary N) is 1. The van der Waals surface area contributed by atoms with Gasteiger partial charge in [0.05, 0.1) is 6.54 Å². The van der Waals surface area contributed by atoms with Gasteiger partial charge in [-0.1, -0.05) is 6.92 Å². The summed E-state index contributed by atoms with van der Waals surface area (Å²) in [6.45, 7) is 9.35. The van der Waals surface area contributed by atoms with E-state index in [0.717, 1.165) is 17.8 Å². The minimum absolute atomic E-state index is 0.0148. The highest BCUT2D eigenvalue weighted by atomic mass is 16.2. The van der Waals surface area contributed by atoms with E-state index in [1.165, 1.54) is 0 Å². The SMILES string of the molecule is CCNC(=O)CN(CC)c1nc(CC)nc(N)c1C. The number of amides is 1. The van der Waals surface area contributed by atoms with Crippen LogP contribution >= 0.6 is 0 Å². The molecule has 0 fully saturated rings. The van der Waals surface area contributed by atoms with Crippen molar-refractivity contribution in [1.29, 1.82) is 0 Å². The summed E-state index contributed by atoms with van der Waals surface area (Å²) < 4.78 is 0. The molecule has 6 heteroatoms. The molecule has 0 aromatic carbocycles. The summed E-state index contributed by atoms with van der Waals surface area (Å²) in [5.74, 6) is 1.92. The van der Waals surface area contributed by atoms with Crippen LogP contribution in [0.1, 0.15) is 32.2 Å². The predicted molar refractivity (Wildman–Crippen MR) is 77.1 cm³/mol. The van der Waals surface area contributed by atoms with Crippen LogP contribution in [0.2, 0.25) is 0 Å². The first-order chi connectivity index (χ1) is 9.03. The van der Waals surface area contributed by atoms with Gasteiger partial charge in [-0.3, -0.25) is 4.79 Å². The summed E-state index contributed by atoms with van der Waals surface area (Å²) in [7, 11) is 0. The highest BCUT2D eigenvalue weighted by Crippen LogP contribution is 2.21. The molecule has 1 amide bonds. The van der Waals surface area contributed by atoms with Gasteiger partial charge in [-0.05, 0) is 20.8 Å². The number of carbonyl (C=O) groups excluding carboxylic acids is 1. The fourth-order valence-corrected chi connectivity index (χ4v) is 1.80. The molecule has 1 aromatic heterocycles. The number of likely N-dealkylation sites (N-methyl/N-ethyl adjacent to an activating group) is 2. The second kappa shape index (κ2) is 6.92. The van der Waals surface area contributed by atoms with Gasteiger partial charge < -0.3 is 16.0 Å². The number of nitrogens with zero attached hydrogens (tertiary/aromatic N) is 3. The van der Waals surface area contributed by atoms with E-state index in [-0.39, 0.29) is 12.5 Å². The molecule has 0 atom stereocenters. The van der Waals surface area contributed by atoms with Crippen LogP contribution in [0.25, 0.3) is 0 Å². The van der Waals surface area contributed by atoms with Gasteiger partial charge in [0.1, 0.15) is 17.5 Å². The maximum Gasteiger partial charge on any atom is 0.239 e. The van der Waals surface area contributed by atoms with E-state index in [9.17, 15) is 4.79 Å². The Morgan fingerprint density at radius 1 is 1.32 bits per heavy atom. The average molecular weight is 265 g/mol. The second-order valence-corrected chi connectivity index (χ2v) is 4.29. The molecular formula is C13H23N5O. The lowest BCUT2D eigenvalue weighted by Crippen LogP contribution is -2.38. The number of hydrogen-bond donors (Lipinski definition) is 2. The van der Waals surface area contributed by atoms with E-state index in [1.54, 1.807) is 0 Å². The Kier molecular flexibility index (Phi) is 5.54. The number of nitrogen functional groups attached to an aromatic ring is 1. The van der Waals surface area contributed by atoms with Crippen molar-refractivity contribution in [1.82, 2.24) is 15.3 Å². The molecule has 0 aliphatic rings. The molecule has 106 valence electrons. The third-order valence-corrected chi connectivity index (χ3v) is 2.91. The summed E-state index contributed by atoms with van der Waals surface area (Å²) in [5.41, 5.74) is 6.72. The van der Waals surface area contributed by atoms with Crippen molar-refractivity contribution in [2.45, 2.75) is 34.1 Å². The molecule has 1 heterocycles. The number of carbonyl (C=O) groups is 1. The molecule has 0 saturated heterocycles. The Bertz CT molecular complexity index is 447. The Hall–Kier alpha value is -1.85. The molecule has 0 aliphatic heterocycles. The smallest absolute Gasteiger partial charge is 0.239 e. The molecule has 0 spiro atoms. The molecule has 6 nitrogen and oxygen atoms in total. The van der Waals surface area contributed by atoms with E-state index in [2.05, 4.69) is 15.3 Å². The minimum atomic E-state index is -0.0148. The number of aromatic nitrogens is 2. The van der Waals surface area contributed by atoms with Gasteiger partial charge in [0, 0.05) is 25.1 Å². The average Bonchev–Trinajstić information content (AvgIpc) is 2.39. The molecule has 1 aromatic rings. The highest BCUT2D eigenvalue weighted by molar-refractivity contribution is 5.81. The van der Waals surface area contributed by atoms with Gasteiger partial charge >= 0.3 is 0 Å². The number of hydrogen-bond acceptors (Lipinski definition) is 5. The first kappa shape index (κ1) is 15.2. The third-order valence-electron chi connectivity index (χ3n) is 2.91. The van der Waals surface area contributed by atoms with Crippen LogP contribution in [0.4, 0.5) is 11.6 Å². The van der Waals surface area contributed by atoms with Crippen molar-refractivity contribution in [3.05, 3.63) is 11.4 Å². The molecule has 0 unspecified atom stereocenters. The van der Waals surface area contributed by atoms with E-state index >= 15 is 0 Å². The first-order valence-electron chi connectivity index (χ1n) is 6.68. The zero-order chi connectivity index (χ0) is 14.4. The topological polar surface area (TPSA) is 84.1 Å². The largest absolute Gasteiger partial charge is 0.383 e. The van der Waals surface area contributed by atoms with Crippen molar-refractivity contribution >= 4 is 17.5 Å². The van der Waals surface area contributed by atoms with Crippen LogP contribution < -0.4 is 16.0 Å². The van der Waals surface area contributed by atoms with Gasteiger partial charge in [0.15, 0.2) is 0 Å². The fraction of sp³-hybridized carbons (Fsp3) is 0.615.